The van der Waals surface area contributed by atoms with Crippen LogP contribution in [-0.4, -0.2) is 43.5 Å². The third-order valence-corrected chi connectivity index (χ3v) is 4.38. The van der Waals surface area contributed by atoms with Crippen molar-refractivity contribution in [2.45, 2.75) is 6.54 Å². The van der Waals surface area contributed by atoms with Gasteiger partial charge in [-0.2, -0.15) is 0 Å². The number of thiazole rings is 1. The van der Waals surface area contributed by atoms with Crippen LogP contribution < -0.4 is 14.5 Å². The Morgan fingerprint density at radius 2 is 2.14 bits per heavy atom. The number of nitrogens with one attached hydrogen (secondary N) is 1. The molecule has 0 atom stereocenters. The molecular weight excluding hydrogens is 302 g/mol. The zero-order valence-electron chi connectivity index (χ0n) is 12.7. The SMILES string of the molecule is CN(C)Cc1sc(=O)[nH]c1-c1ccc2c(c1)N(C)C(=O)CO2. The Morgan fingerprint density at radius 3 is 2.86 bits per heavy atom. The predicted octanol–water partition coefficient (Wildman–Crippen LogP) is 1.52. The molecule has 3 rings (SSSR count). The van der Waals surface area contributed by atoms with Crippen molar-refractivity contribution in [2.75, 3.05) is 32.6 Å². The van der Waals surface area contributed by atoms with E-state index >= 15 is 0 Å². The molecule has 0 radical (unpaired) electrons. The number of aromatic nitrogens is 1. The van der Waals surface area contributed by atoms with Gasteiger partial charge in [0.05, 0.1) is 11.4 Å². The Balaban J connectivity index is 2.07. The van der Waals surface area contributed by atoms with Gasteiger partial charge in [0, 0.05) is 24.0 Å². The van der Waals surface area contributed by atoms with E-state index in [9.17, 15) is 9.59 Å². The molecule has 1 aromatic carbocycles. The Bertz CT molecular complexity index is 779. The first kappa shape index (κ1) is 14.8. The van der Waals surface area contributed by atoms with Gasteiger partial charge in [0.25, 0.3) is 5.91 Å². The first-order valence-corrected chi connectivity index (χ1v) is 7.68. The summed E-state index contributed by atoms with van der Waals surface area (Å²) in [7, 11) is 5.65. The second-order valence-corrected chi connectivity index (χ2v) is 6.54. The van der Waals surface area contributed by atoms with Crippen molar-refractivity contribution in [2.24, 2.45) is 0 Å². The minimum absolute atomic E-state index is 0.0595. The van der Waals surface area contributed by atoms with Gasteiger partial charge in [-0.1, -0.05) is 11.3 Å². The van der Waals surface area contributed by atoms with Crippen molar-refractivity contribution in [3.8, 4) is 17.0 Å². The molecular formula is C15H17N3O3S. The molecule has 1 N–H and O–H groups in total. The maximum atomic E-state index is 11.8. The molecule has 0 bridgehead atoms. The van der Waals surface area contributed by atoms with Crippen LogP contribution in [0.5, 0.6) is 5.75 Å². The van der Waals surface area contributed by atoms with Crippen LogP contribution in [0.1, 0.15) is 4.88 Å². The number of amides is 1. The number of carbonyl (C=O) groups excluding carboxylic acids is 1. The van der Waals surface area contributed by atoms with Gasteiger partial charge in [-0.15, -0.1) is 0 Å². The zero-order valence-corrected chi connectivity index (χ0v) is 13.5. The Hall–Kier alpha value is -2.12. The Labute approximate surface area is 131 Å². The van der Waals surface area contributed by atoms with Crippen LogP contribution >= 0.6 is 11.3 Å². The lowest BCUT2D eigenvalue weighted by atomic mass is 10.1. The van der Waals surface area contributed by atoms with Crippen LogP contribution in [0.15, 0.2) is 23.0 Å². The lowest BCUT2D eigenvalue weighted by Crippen LogP contribution is -2.35. The van der Waals surface area contributed by atoms with Crippen LogP contribution in [0.25, 0.3) is 11.3 Å². The van der Waals surface area contributed by atoms with Crippen LogP contribution in [0.3, 0.4) is 0 Å². The van der Waals surface area contributed by atoms with Gasteiger partial charge in [0.1, 0.15) is 5.75 Å². The third kappa shape index (κ3) is 2.65. The molecule has 0 aliphatic carbocycles. The normalized spacial score (nSPS) is 14.2. The maximum Gasteiger partial charge on any atom is 0.305 e. The number of anilines is 1. The van der Waals surface area contributed by atoms with Gasteiger partial charge < -0.3 is 19.5 Å². The van der Waals surface area contributed by atoms with Gasteiger partial charge in [0.15, 0.2) is 6.61 Å². The quantitative estimate of drug-likeness (QED) is 0.931. The molecule has 0 fully saturated rings. The molecule has 116 valence electrons. The van der Waals surface area contributed by atoms with Crippen LogP contribution in [0, 0.1) is 0 Å². The highest BCUT2D eigenvalue weighted by molar-refractivity contribution is 7.09. The molecule has 22 heavy (non-hydrogen) atoms. The Kier molecular flexibility index (Phi) is 3.76. The molecule has 0 saturated carbocycles. The molecule has 2 aromatic rings. The standard InChI is InChI=1S/C15H17N3O3S/c1-17(2)7-12-14(16-15(20)22-12)9-4-5-11-10(6-9)18(3)13(19)8-21-11/h4-6H,7-8H2,1-3H3,(H,16,20). The summed E-state index contributed by atoms with van der Waals surface area (Å²) in [5, 5.41) is 0. The van der Waals surface area contributed by atoms with E-state index in [-0.39, 0.29) is 17.4 Å². The average Bonchev–Trinajstić information content (AvgIpc) is 2.82. The zero-order chi connectivity index (χ0) is 15.9. The van der Waals surface area contributed by atoms with Crippen molar-refractivity contribution >= 4 is 22.9 Å². The van der Waals surface area contributed by atoms with Crippen LogP contribution in [0.2, 0.25) is 0 Å². The monoisotopic (exact) mass is 319 g/mol. The number of fused-ring (bicyclic) bond motifs is 1. The Morgan fingerprint density at radius 1 is 1.36 bits per heavy atom. The summed E-state index contributed by atoms with van der Waals surface area (Å²) in [5.74, 6) is 0.592. The highest BCUT2D eigenvalue weighted by Gasteiger charge is 2.23. The van der Waals surface area contributed by atoms with Gasteiger partial charge in [-0.3, -0.25) is 9.59 Å². The van der Waals surface area contributed by atoms with Crippen molar-refractivity contribution < 1.29 is 9.53 Å². The number of carbonyl (C=O) groups is 1. The van der Waals surface area contributed by atoms with E-state index in [4.69, 9.17) is 4.74 Å². The highest BCUT2D eigenvalue weighted by Crippen LogP contribution is 2.36. The summed E-state index contributed by atoms with van der Waals surface area (Å²) < 4.78 is 5.43. The van der Waals surface area contributed by atoms with Crippen molar-refractivity contribution in [3.63, 3.8) is 0 Å². The van der Waals surface area contributed by atoms with Gasteiger partial charge in [-0.25, -0.2) is 0 Å². The number of hydrogen-bond donors (Lipinski definition) is 1. The number of ether oxygens (including phenoxy) is 1. The molecule has 7 heteroatoms. The molecule has 1 amide bonds. The molecule has 1 aromatic heterocycles. The number of likely N-dealkylation sites (N-methyl/N-ethyl adjacent to an activating group) is 1. The fraction of sp³-hybridized carbons (Fsp3) is 0.333. The summed E-state index contributed by atoms with van der Waals surface area (Å²) in [6.07, 6.45) is 0. The number of benzene rings is 1. The second-order valence-electron chi connectivity index (χ2n) is 5.47. The van der Waals surface area contributed by atoms with Crippen molar-refractivity contribution in [1.29, 1.82) is 0 Å². The number of nitrogens with zero attached hydrogens (tertiary/aromatic N) is 2. The lowest BCUT2D eigenvalue weighted by Gasteiger charge is -2.26. The van der Waals surface area contributed by atoms with Crippen molar-refractivity contribution in [1.82, 2.24) is 9.88 Å². The van der Waals surface area contributed by atoms with Gasteiger partial charge >= 0.3 is 4.87 Å². The predicted molar refractivity (Wildman–Crippen MR) is 86.7 cm³/mol. The molecule has 0 saturated heterocycles. The lowest BCUT2D eigenvalue weighted by molar-refractivity contribution is -0.120. The fourth-order valence-corrected chi connectivity index (χ4v) is 3.39. The molecule has 1 aliphatic rings. The third-order valence-electron chi connectivity index (χ3n) is 3.52. The largest absolute Gasteiger partial charge is 0.482 e. The molecule has 1 aliphatic heterocycles. The molecule has 0 spiro atoms. The second kappa shape index (κ2) is 5.58. The molecule has 6 nitrogen and oxygen atoms in total. The van der Waals surface area contributed by atoms with E-state index in [0.29, 0.717) is 12.3 Å². The minimum atomic E-state index is -0.0861. The topological polar surface area (TPSA) is 65.6 Å². The summed E-state index contributed by atoms with van der Waals surface area (Å²) in [6, 6.07) is 5.62. The van der Waals surface area contributed by atoms with E-state index in [1.807, 2.05) is 37.2 Å². The summed E-state index contributed by atoms with van der Waals surface area (Å²) >= 11 is 1.21. The molecule has 0 unspecified atom stereocenters. The number of rotatable bonds is 3. The first-order chi connectivity index (χ1) is 10.5. The number of H-pyrrole nitrogens is 1. The van der Waals surface area contributed by atoms with E-state index < -0.39 is 0 Å². The van der Waals surface area contributed by atoms with E-state index in [1.54, 1.807) is 11.9 Å². The highest BCUT2D eigenvalue weighted by atomic mass is 32.1. The summed E-state index contributed by atoms with van der Waals surface area (Å²) in [5.41, 5.74) is 2.40. The van der Waals surface area contributed by atoms with Gasteiger partial charge in [0.2, 0.25) is 0 Å². The smallest absolute Gasteiger partial charge is 0.305 e. The average molecular weight is 319 g/mol. The van der Waals surface area contributed by atoms with Crippen LogP contribution in [-0.2, 0) is 11.3 Å². The molecule has 2 heterocycles. The van der Waals surface area contributed by atoms with Crippen LogP contribution in [0.4, 0.5) is 5.69 Å². The summed E-state index contributed by atoms with van der Waals surface area (Å²) in [4.78, 5) is 30.9. The van der Waals surface area contributed by atoms with E-state index in [0.717, 1.165) is 21.8 Å². The van der Waals surface area contributed by atoms with Gasteiger partial charge in [-0.05, 0) is 32.3 Å². The number of hydrogen-bond acceptors (Lipinski definition) is 5. The van der Waals surface area contributed by atoms with E-state index in [2.05, 4.69) is 4.98 Å². The summed E-state index contributed by atoms with van der Waals surface area (Å²) in [6.45, 7) is 0.741. The first-order valence-electron chi connectivity index (χ1n) is 6.86. The van der Waals surface area contributed by atoms with E-state index in [1.165, 1.54) is 11.3 Å². The fourth-order valence-electron chi connectivity index (χ4n) is 2.42. The maximum absolute atomic E-state index is 11.8. The number of aromatic amines is 1. The van der Waals surface area contributed by atoms with Crippen molar-refractivity contribution in [3.05, 3.63) is 32.7 Å². The minimum Gasteiger partial charge on any atom is -0.482 e.